The Bertz CT molecular complexity index is 680. The molecule has 1 aromatic carbocycles. The number of nitrogens with zero attached hydrogens (tertiary/aromatic N) is 2. The third kappa shape index (κ3) is 2.54. The fourth-order valence-corrected chi connectivity index (χ4v) is 4.82. The van der Waals surface area contributed by atoms with E-state index in [9.17, 15) is 9.90 Å². The molecule has 0 radical (unpaired) electrons. The van der Waals surface area contributed by atoms with E-state index in [-0.39, 0.29) is 11.5 Å². The molecular formula is C18H23ClN2O3. The normalized spacial score (nSPS) is 28.5. The van der Waals surface area contributed by atoms with Gasteiger partial charge in [0.2, 0.25) is 0 Å². The van der Waals surface area contributed by atoms with Gasteiger partial charge in [-0.2, -0.15) is 0 Å². The standard InChI is InChI=1S/C18H23ClN2O3/c1-12-13(3-4-14-15(12)10-24-17(14)23)16(22)9-20-8-6-18(11-20)5-2-7-21(18)19/h3-4,16,22H,2,5-11H2,1H3/t16-,18?/m0/s1. The number of aliphatic hydroxyl groups is 1. The Morgan fingerprint density at radius 3 is 2.96 bits per heavy atom. The number of esters is 1. The number of ether oxygens (including phenoxy) is 1. The van der Waals surface area contributed by atoms with Gasteiger partial charge in [-0.1, -0.05) is 6.07 Å². The number of fused-ring (bicyclic) bond motifs is 1. The lowest BCUT2D eigenvalue weighted by atomic mass is 9.95. The quantitative estimate of drug-likeness (QED) is 0.670. The van der Waals surface area contributed by atoms with Gasteiger partial charge < -0.3 is 9.84 Å². The predicted octanol–water partition coefficient (Wildman–Crippen LogP) is 2.39. The summed E-state index contributed by atoms with van der Waals surface area (Å²) in [6.45, 7) is 5.71. The van der Waals surface area contributed by atoms with Gasteiger partial charge in [0.1, 0.15) is 6.61 Å². The van der Waals surface area contributed by atoms with Crippen LogP contribution in [0, 0.1) is 6.92 Å². The molecule has 4 rings (SSSR count). The Hall–Kier alpha value is -1.14. The Balaban J connectivity index is 1.48. The Kier molecular flexibility index (Phi) is 4.07. The third-order valence-corrected chi connectivity index (χ3v) is 6.45. The number of hydrogen-bond acceptors (Lipinski definition) is 5. The summed E-state index contributed by atoms with van der Waals surface area (Å²) in [5, 5.41) is 10.7. The van der Waals surface area contributed by atoms with E-state index in [0.29, 0.717) is 18.7 Å². The first-order valence-corrected chi connectivity index (χ1v) is 8.97. The Labute approximate surface area is 147 Å². The van der Waals surface area contributed by atoms with Gasteiger partial charge in [-0.05, 0) is 55.2 Å². The van der Waals surface area contributed by atoms with Gasteiger partial charge in [0.25, 0.3) is 0 Å². The highest BCUT2D eigenvalue weighted by Gasteiger charge is 2.45. The van der Waals surface area contributed by atoms with Gasteiger partial charge in [-0.15, -0.1) is 0 Å². The van der Waals surface area contributed by atoms with Gasteiger partial charge >= 0.3 is 5.97 Å². The molecule has 24 heavy (non-hydrogen) atoms. The van der Waals surface area contributed by atoms with Crippen molar-refractivity contribution in [2.24, 2.45) is 0 Å². The maximum Gasteiger partial charge on any atom is 0.338 e. The average molecular weight is 351 g/mol. The maximum atomic E-state index is 11.6. The van der Waals surface area contributed by atoms with E-state index < -0.39 is 6.10 Å². The van der Waals surface area contributed by atoms with Crippen molar-refractivity contribution in [1.29, 1.82) is 0 Å². The fourth-order valence-electron chi connectivity index (χ4n) is 4.48. The highest BCUT2D eigenvalue weighted by atomic mass is 35.5. The zero-order valence-corrected chi connectivity index (χ0v) is 14.7. The number of benzene rings is 1. The molecule has 6 heteroatoms. The van der Waals surface area contributed by atoms with E-state index in [1.807, 2.05) is 17.4 Å². The molecule has 130 valence electrons. The molecule has 0 bridgehead atoms. The molecule has 3 aliphatic heterocycles. The largest absolute Gasteiger partial charge is 0.457 e. The van der Waals surface area contributed by atoms with Crippen LogP contribution in [-0.2, 0) is 11.3 Å². The van der Waals surface area contributed by atoms with Crippen molar-refractivity contribution in [2.45, 2.75) is 44.4 Å². The van der Waals surface area contributed by atoms with Crippen LogP contribution >= 0.6 is 11.8 Å². The van der Waals surface area contributed by atoms with E-state index >= 15 is 0 Å². The van der Waals surface area contributed by atoms with Gasteiger partial charge in [0, 0.05) is 31.7 Å². The summed E-state index contributed by atoms with van der Waals surface area (Å²) < 4.78 is 7.07. The fraction of sp³-hybridized carbons (Fsp3) is 0.611. The second kappa shape index (κ2) is 5.99. The predicted molar refractivity (Wildman–Crippen MR) is 90.8 cm³/mol. The molecule has 2 saturated heterocycles. The van der Waals surface area contributed by atoms with Crippen LogP contribution in [0.1, 0.15) is 52.4 Å². The molecule has 2 fully saturated rings. The molecule has 2 atom stereocenters. The van der Waals surface area contributed by atoms with Crippen LogP contribution in [0.2, 0.25) is 0 Å². The van der Waals surface area contributed by atoms with Crippen LogP contribution < -0.4 is 0 Å². The lowest BCUT2D eigenvalue weighted by Crippen LogP contribution is -2.41. The number of carbonyl (C=O) groups is 1. The highest BCUT2D eigenvalue weighted by Crippen LogP contribution is 2.39. The van der Waals surface area contributed by atoms with E-state index in [2.05, 4.69) is 4.90 Å². The third-order valence-electron chi connectivity index (χ3n) is 5.92. The van der Waals surface area contributed by atoms with Crippen molar-refractivity contribution in [3.8, 4) is 0 Å². The first-order valence-electron chi connectivity index (χ1n) is 8.63. The number of carbonyl (C=O) groups excluding carboxylic acids is 1. The number of hydrogen-bond donors (Lipinski definition) is 1. The number of aliphatic hydroxyl groups excluding tert-OH is 1. The van der Waals surface area contributed by atoms with Crippen LogP contribution in [0.4, 0.5) is 0 Å². The van der Waals surface area contributed by atoms with Crippen molar-refractivity contribution in [1.82, 2.24) is 9.32 Å². The molecule has 3 aliphatic rings. The topological polar surface area (TPSA) is 53.0 Å². The number of cyclic esters (lactones) is 1. The molecule has 3 heterocycles. The Morgan fingerprint density at radius 2 is 2.21 bits per heavy atom. The summed E-state index contributed by atoms with van der Waals surface area (Å²) in [4.78, 5) is 13.9. The molecule has 1 N–H and O–H groups in total. The summed E-state index contributed by atoms with van der Waals surface area (Å²) in [6, 6.07) is 3.64. The zero-order valence-electron chi connectivity index (χ0n) is 13.9. The molecule has 0 amide bonds. The van der Waals surface area contributed by atoms with Crippen molar-refractivity contribution in [3.05, 3.63) is 34.4 Å². The van der Waals surface area contributed by atoms with Crippen molar-refractivity contribution >= 4 is 17.7 Å². The summed E-state index contributed by atoms with van der Waals surface area (Å²) in [5.41, 5.74) is 3.50. The second-order valence-electron chi connectivity index (χ2n) is 7.30. The minimum atomic E-state index is -0.564. The first kappa shape index (κ1) is 16.3. The zero-order chi connectivity index (χ0) is 16.9. The van der Waals surface area contributed by atoms with Gasteiger partial charge in [0.15, 0.2) is 0 Å². The molecule has 1 aromatic rings. The van der Waals surface area contributed by atoms with Gasteiger partial charge in [-0.3, -0.25) is 4.90 Å². The van der Waals surface area contributed by atoms with Gasteiger partial charge in [-0.25, -0.2) is 9.21 Å². The summed E-state index contributed by atoms with van der Waals surface area (Å²) >= 11 is 6.40. The second-order valence-corrected chi connectivity index (χ2v) is 7.70. The molecule has 5 nitrogen and oxygen atoms in total. The van der Waals surface area contributed by atoms with E-state index in [4.69, 9.17) is 16.5 Å². The molecular weight excluding hydrogens is 328 g/mol. The molecule has 0 aromatic heterocycles. The number of likely N-dealkylation sites (tertiary alicyclic amines) is 1. The van der Waals surface area contributed by atoms with Crippen LogP contribution in [0.3, 0.4) is 0 Å². The van der Waals surface area contributed by atoms with E-state index in [0.717, 1.165) is 55.6 Å². The SMILES string of the molecule is Cc1c([C@@H](O)CN2CCC3(CCCN3Cl)C2)ccc2c1COC2=O. The van der Waals surface area contributed by atoms with Crippen molar-refractivity contribution in [3.63, 3.8) is 0 Å². The minimum absolute atomic E-state index is 0.0918. The minimum Gasteiger partial charge on any atom is -0.457 e. The lowest BCUT2D eigenvalue weighted by Gasteiger charge is -2.30. The number of halogens is 1. The summed E-state index contributed by atoms with van der Waals surface area (Å²) in [6.07, 6.45) is 2.79. The van der Waals surface area contributed by atoms with Crippen molar-refractivity contribution in [2.75, 3.05) is 26.2 Å². The summed E-state index contributed by atoms with van der Waals surface area (Å²) in [7, 11) is 0. The Morgan fingerprint density at radius 1 is 1.38 bits per heavy atom. The number of β-amino-alcohol motifs (C(OH)–C–C–N with tert-alkyl or cyclic N) is 1. The van der Waals surface area contributed by atoms with E-state index in [1.165, 1.54) is 0 Å². The summed E-state index contributed by atoms with van der Waals surface area (Å²) in [5.74, 6) is -0.265. The van der Waals surface area contributed by atoms with E-state index in [1.54, 1.807) is 6.07 Å². The van der Waals surface area contributed by atoms with Crippen molar-refractivity contribution < 1.29 is 14.6 Å². The monoisotopic (exact) mass is 350 g/mol. The molecule has 1 spiro atoms. The van der Waals surface area contributed by atoms with Crippen LogP contribution in [-0.4, -0.2) is 52.1 Å². The number of rotatable bonds is 3. The van der Waals surface area contributed by atoms with Crippen LogP contribution in [0.25, 0.3) is 0 Å². The molecule has 0 aliphatic carbocycles. The average Bonchev–Trinajstić information content (AvgIpc) is 3.23. The smallest absolute Gasteiger partial charge is 0.338 e. The first-order chi connectivity index (χ1) is 11.5. The molecule has 0 saturated carbocycles. The van der Waals surface area contributed by atoms with Gasteiger partial charge in [0.05, 0.1) is 17.2 Å². The van der Waals surface area contributed by atoms with Crippen LogP contribution in [0.5, 0.6) is 0 Å². The molecule has 1 unspecified atom stereocenters. The lowest BCUT2D eigenvalue weighted by molar-refractivity contribution is 0.0535. The van der Waals surface area contributed by atoms with Crippen LogP contribution in [0.15, 0.2) is 12.1 Å². The maximum absolute atomic E-state index is 11.6. The highest BCUT2D eigenvalue weighted by molar-refractivity contribution is 6.14.